The highest BCUT2D eigenvalue weighted by atomic mass is 19.4. The molecule has 4 rings (SSSR count). The largest absolute Gasteiger partial charge is 0.416 e. The molecule has 11 heteroatoms. The van der Waals surface area contributed by atoms with Crippen molar-refractivity contribution in [3.05, 3.63) is 64.6 Å². The van der Waals surface area contributed by atoms with Crippen molar-refractivity contribution >= 4 is 11.0 Å². The number of alkyl halides is 3. The van der Waals surface area contributed by atoms with Crippen molar-refractivity contribution in [2.75, 3.05) is 0 Å². The molecule has 0 saturated carbocycles. The molecule has 0 bridgehead atoms. The number of hydrogen-bond acceptors (Lipinski definition) is 5. The Bertz CT molecular complexity index is 1190. The summed E-state index contributed by atoms with van der Waals surface area (Å²) in [5, 5.41) is 12.3. The van der Waals surface area contributed by atoms with E-state index in [1.54, 1.807) is 7.05 Å². The SMILES string of the molecule is Cn1ncc(Cn2cnc3c(cnn3-c3cccc(C(F)(F)F)c3)c2=O)n1. The summed E-state index contributed by atoms with van der Waals surface area (Å²) >= 11 is 0. The van der Waals surface area contributed by atoms with E-state index in [-0.39, 0.29) is 28.8 Å². The third-order valence-corrected chi connectivity index (χ3v) is 3.95. The van der Waals surface area contributed by atoms with Gasteiger partial charge in [-0.3, -0.25) is 9.36 Å². The van der Waals surface area contributed by atoms with E-state index in [9.17, 15) is 18.0 Å². The van der Waals surface area contributed by atoms with Crippen molar-refractivity contribution in [2.45, 2.75) is 12.7 Å². The fourth-order valence-corrected chi connectivity index (χ4v) is 2.70. The Hall–Kier alpha value is -3.50. The van der Waals surface area contributed by atoms with Crippen LogP contribution < -0.4 is 5.56 Å². The van der Waals surface area contributed by atoms with E-state index in [4.69, 9.17) is 0 Å². The maximum Gasteiger partial charge on any atom is 0.416 e. The van der Waals surface area contributed by atoms with E-state index in [2.05, 4.69) is 20.3 Å². The summed E-state index contributed by atoms with van der Waals surface area (Å²) in [7, 11) is 1.66. The van der Waals surface area contributed by atoms with E-state index in [0.29, 0.717) is 5.69 Å². The predicted molar refractivity (Wildman–Crippen MR) is 88.2 cm³/mol. The Labute approximate surface area is 149 Å². The van der Waals surface area contributed by atoms with E-state index in [0.717, 1.165) is 12.1 Å². The van der Waals surface area contributed by atoms with Crippen LogP contribution in [0.25, 0.3) is 16.7 Å². The minimum absolute atomic E-state index is 0.165. The van der Waals surface area contributed by atoms with Crippen LogP contribution in [0.3, 0.4) is 0 Å². The van der Waals surface area contributed by atoms with Crippen molar-refractivity contribution in [2.24, 2.45) is 7.05 Å². The highest BCUT2D eigenvalue weighted by Gasteiger charge is 2.30. The molecule has 27 heavy (non-hydrogen) atoms. The first-order chi connectivity index (χ1) is 12.8. The monoisotopic (exact) mass is 375 g/mol. The molecule has 1 aromatic carbocycles. The van der Waals surface area contributed by atoms with Gasteiger partial charge in [0.2, 0.25) is 0 Å². The Morgan fingerprint density at radius 2 is 1.96 bits per heavy atom. The van der Waals surface area contributed by atoms with Gasteiger partial charge in [-0.25, -0.2) is 9.67 Å². The molecule has 3 aromatic heterocycles. The predicted octanol–water partition coefficient (Wildman–Crippen LogP) is 1.78. The van der Waals surface area contributed by atoms with Crippen LogP contribution in [0.15, 0.2) is 47.8 Å². The van der Waals surface area contributed by atoms with Crippen molar-refractivity contribution in [1.29, 1.82) is 0 Å². The number of nitrogens with zero attached hydrogens (tertiary/aromatic N) is 7. The molecule has 0 spiro atoms. The third kappa shape index (κ3) is 3.07. The van der Waals surface area contributed by atoms with Crippen LogP contribution in [0.1, 0.15) is 11.3 Å². The molecule has 0 fully saturated rings. The van der Waals surface area contributed by atoms with Gasteiger partial charge in [-0.1, -0.05) is 6.07 Å². The first-order valence-electron chi connectivity index (χ1n) is 7.79. The number of benzene rings is 1. The normalized spacial score (nSPS) is 12.0. The van der Waals surface area contributed by atoms with Gasteiger partial charge < -0.3 is 0 Å². The number of aryl methyl sites for hydroxylation is 1. The lowest BCUT2D eigenvalue weighted by molar-refractivity contribution is -0.137. The summed E-state index contributed by atoms with van der Waals surface area (Å²) < 4.78 is 41.4. The van der Waals surface area contributed by atoms with Crippen molar-refractivity contribution in [1.82, 2.24) is 34.3 Å². The van der Waals surface area contributed by atoms with Crippen LogP contribution in [0.5, 0.6) is 0 Å². The smallest absolute Gasteiger partial charge is 0.292 e. The molecule has 0 atom stereocenters. The highest BCUT2D eigenvalue weighted by Crippen LogP contribution is 2.30. The Balaban J connectivity index is 1.77. The van der Waals surface area contributed by atoms with E-state index in [1.165, 1.54) is 44.9 Å². The zero-order valence-corrected chi connectivity index (χ0v) is 13.9. The van der Waals surface area contributed by atoms with Gasteiger partial charge in [0.1, 0.15) is 17.4 Å². The number of fused-ring (bicyclic) bond motifs is 1. The molecule has 4 aromatic rings. The zero-order valence-electron chi connectivity index (χ0n) is 13.9. The lowest BCUT2D eigenvalue weighted by Crippen LogP contribution is -2.21. The van der Waals surface area contributed by atoms with Crippen LogP contribution in [-0.4, -0.2) is 34.3 Å². The van der Waals surface area contributed by atoms with Gasteiger partial charge in [0, 0.05) is 7.05 Å². The molecule has 138 valence electrons. The molecule has 8 nitrogen and oxygen atoms in total. The van der Waals surface area contributed by atoms with Crippen molar-refractivity contribution < 1.29 is 13.2 Å². The fourth-order valence-electron chi connectivity index (χ4n) is 2.70. The van der Waals surface area contributed by atoms with Gasteiger partial charge >= 0.3 is 6.18 Å². The standard InChI is InChI=1S/C16H12F3N7O/c1-24-21-6-11(23-24)8-25-9-20-14-13(15(25)27)7-22-26(14)12-4-2-3-10(5-12)16(17,18)19/h2-7,9H,8H2,1H3. The van der Waals surface area contributed by atoms with Crippen LogP contribution in [0.4, 0.5) is 13.2 Å². The number of rotatable bonds is 3. The summed E-state index contributed by atoms with van der Waals surface area (Å²) in [5.41, 5.74) is -0.261. The topological polar surface area (TPSA) is 83.4 Å². The molecule has 0 amide bonds. The lowest BCUT2D eigenvalue weighted by Gasteiger charge is -2.09. The zero-order chi connectivity index (χ0) is 19.2. The van der Waals surface area contributed by atoms with Gasteiger partial charge in [0.25, 0.3) is 5.56 Å². The molecule has 0 aliphatic carbocycles. The van der Waals surface area contributed by atoms with E-state index in [1.807, 2.05) is 0 Å². The fraction of sp³-hybridized carbons (Fsp3) is 0.188. The number of halogens is 3. The Morgan fingerprint density at radius 1 is 1.15 bits per heavy atom. The second-order valence-electron chi connectivity index (χ2n) is 5.84. The highest BCUT2D eigenvalue weighted by molar-refractivity contribution is 5.75. The number of hydrogen-bond donors (Lipinski definition) is 0. The molecule has 0 radical (unpaired) electrons. The molecule has 3 heterocycles. The minimum atomic E-state index is -4.48. The first-order valence-corrected chi connectivity index (χ1v) is 7.79. The van der Waals surface area contributed by atoms with Crippen LogP contribution >= 0.6 is 0 Å². The lowest BCUT2D eigenvalue weighted by atomic mass is 10.2. The minimum Gasteiger partial charge on any atom is -0.292 e. The first kappa shape index (κ1) is 16.9. The third-order valence-electron chi connectivity index (χ3n) is 3.95. The van der Waals surface area contributed by atoms with Crippen LogP contribution in [-0.2, 0) is 19.8 Å². The summed E-state index contributed by atoms with van der Waals surface area (Å²) in [6, 6.07) is 4.67. The van der Waals surface area contributed by atoms with Gasteiger partial charge in [0.05, 0.1) is 30.2 Å². The molecule has 0 aliphatic rings. The molecule has 0 unspecified atom stereocenters. The van der Waals surface area contributed by atoms with E-state index >= 15 is 0 Å². The maximum absolute atomic E-state index is 12.9. The molecular weight excluding hydrogens is 363 g/mol. The summed E-state index contributed by atoms with van der Waals surface area (Å²) in [5.74, 6) is 0. The molecule has 0 N–H and O–H groups in total. The maximum atomic E-state index is 12.9. The molecule has 0 saturated heterocycles. The second-order valence-corrected chi connectivity index (χ2v) is 5.84. The second kappa shape index (κ2) is 6.04. The molecule has 0 aliphatic heterocycles. The van der Waals surface area contributed by atoms with Crippen LogP contribution in [0.2, 0.25) is 0 Å². The van der Waals surface area contributed by atoms with Crippen molar-refractivity contribution in [3.63, 3.8) is 0 Å². The summed E-state index contributed by atoms with van der Waals surface area (Å²) in [6.45, 7) is 0.171. The van der Waals surface area contributed by atoms with E-state index < -0.39 is 11.7 Å². The quantitative estimate of drug-likeness (QED) is 0.545. The van der Waals surface area contributed by atoms with Gasteiger partial charge in [-0.15, -0.1) is 0 Å². The van der Waals surface area contributed by atoms with Crippen molar-refractivity contribution in [3.8, 4) is 5.69 Å². The Kier molecular flexibility index (Phi) is 3.79. The average molecular weight is 375 g/mol. The summed E-state index contributed by atoms with van der Waals surface area (Å²) in [4.78, 5) is 18.2. The van der Waals surface area contributed by atoms with Gasteiger partial charge in [-0.2, -0.15) is 33.3 Å². The van der Waals surface area contributed by atoms with Gasteiger partial charge in [-0.05, 0) is 18.2 Å². The molecular formula is C16H12F3N7O. The Morgan fingerprint density at radius 3 is 2.67 bits per heavy atom. The van der Waals surface area contributed by atoms with Gasteiger partial charge in [0.15, 0.2) is 5.65 Å². The number of aromatic nitrogens is 7. The summed E-state index contributed by atoms with van der Waals surface area (Å²) in [6.07, 6.45) is -0.345. The average Bonchev–Trinajstić information content (AvgIpc) is 3.23. The van der Waals surface area contributed by atoms with Crippen LogP contribution in [0, 0.1) is 0 Å².